The molecule has 10 heteroatoms. The molecular weight excluding hydrogens is 462 g/mol. The van der Waals surface area contributed by atoms with E-state index in [9.17, 15) is 4.39 Å². The predicted octanol–water partition coefficient (Wildman–Crippen LogP) is 4.97. The van der Waals surface area contributed by atoms with Crippen molar-refractivity contribution in [3.05, 3.63) is 78.4 Å². The van der Waals surface area contributed by atoms with Crippen LogP contribution in [0.5, 0.6) is 0 Å². The fourth-order valence-corrected chi connectivity index (χ4v) is 4.33. The number of pyridine rings is 3. The normalized spacial score (nSPS) is 11.7. The maximum atomic E-state index is 15.9. The van der Waals surface area contributed by atoms with Crippen molar-refractivity contribution in [2.45, 2.75) is 6.54 Å². The van der Waals surface area contributed by atoms with E-state index in [-0.39, 0.29) is 16.9 Å². The number of nitrogens with zero attached hydrogens (tertiary/aromatic N) is 6. The van der Waals surface area contributed by atoms with Crippen LogP contribution in [0.25, 0.3) is 56.0 Å². The largest absolute Gasteiger partial charge is 0.321 e. The Hall–Kier alpha value is -4.57. The summed E-state index contributed by atoms with van der Waals surface area (Å²) in [6, 6.07) is 9.91. The van der Waals surface area contributed by atoms with Gasteiger partial charge in [-0.2, -0.15) is 5.10 Å². The summed E-state index contributed by atoms with van der Waals surface area (Å²) in [6.07, 6.45) is 6.45. The fraction of sp³-hybridized carbons (Fsp3) is 0.115. The van der Waals surface area contributed by atoms with Gasteiger partial charge in [-0.25, -0.2) is 23.7 Å². The van der Waals surface area contributed by atoms with Gasteiger partial charge in [-0.1, -0.05) is 12.1 Å². The topological polar surface area (TPSA) is 99.3 Å². The minimum atomic E-state index is -0.480. The third-order valence-corrected chi connectivity index (χ3v) is 5.88. The summed E-state index contributed by atoms with van der Waals surface area (Å²) in [5, 5.41) is 7.29. The van der Waals surface area contributed by atoms with Crippen LogP contribution in [-0.4, -0.2) is 54.1 Å². The smallest absolute Gasteiger partial charge is 0.161 e. The highest BCUT2D eigenvalue weighted by atomic mass is 19.1. The van der Waals surface area contributed by atoms with Gasteiger partial charge in [0.25, 0.3) is 0 Å². The summed E-state index contributed by atoms with van der Waals surface area (Å²) in [5.74, 6) is -0.507. The summed E-state index contributed by atoms with van der Waals surface area (Å²) < 4.78 is 29.8. The first-order chi connectivity index (χ1) is 17.5. The Morgan fingerprint density at radius 3 is 2.64 bits per heavy atom. The van der Waals surface area contributed by atoms with Crippen molar-refractivity contribution in [3.63, 3.8) is 0 Å². The average Bonchev–Trinajstić information content (AvgIpc) is 3.48. The third-order valence-electron chi connectivity index (χ3n) is 5.88. The first kappa shape index (κ1) is 21.9. The number of halogens is 2. The van der Waals surface area contributed by atoms with Crippen molar-refractivity contribution >= 4 is 22.2 Å². The van der Waals surface area contributed by atoms with E-state index >= 15 is 4.39 Å². The molecule has 5 heterocycles. The van der Waals surface area contributed by atoms with Crippen LogP contribution in [0.4, 0.5) is 8.78 Å². The van der Waals surface area contributed by atoms with E-state index in [0.717, 1.165) is 5.56 Å². The van der Waals surface area contributed by atoms with E-state index in [0.29, 0.717) is 51.4 Å². The van der Waals surface area contributed by atoms with Crippen molar-refractivity contribution < 1.29 is 8.78 Å². The molecule has 0 aliphatic carbocycles. The molecule has 0 aliphatic rings. The molecule has 36 heavy (non-hydrogen) atoms. The summed E-state index contributed by atoms with van der Waals surface area (Å²) >= 11 is 0. The highest BCUT2D eigenvalue weighted by Crippen LogP contribution is 2.34. The molecule has 0 atom stereocenters. The standard InChI is InChI=1S/C26H20F2N8/c1-36(2)13-14-8-16(11-29-10-14)19-12-31-24-20(21(19)28)23(34-35-24)26-32-22-18(6-7-30-25(22)33-26)15-4-3-5-17(27)9-15/h3-12H,13H2,1-2H3,(H,30,32,33)(H,31,34,35). The number of hydrogen-bond acceptors (Lipinski definition) is 6. The lowest BCUT2D eigenvalue weighted by Gasteiger charge is -2.11. The zero-order valence-corrected chi connectivity index (χ0v) is 19.4. The van der Waals surface area contributed by atoms with E-state index in [1.54, 1.807) is 36.8 Å². The van der Waals surface area contributed by atoms with E-state index in [1.807, 2.05) is 25.1 Å². The molecule has 0 saturated heterocycles. The molecule has 0 aliphatic heterocycles. The number of imidazole rings is 1. The quantitative estimate of drug-likeness (QED) is 0.360. The Kier molecular flexibility index (Phi) is 5.23. The Labute approximate surface area is 204 Å². The van der Waals surface area contributed by atoms with Gasteiger partial charge in [-0.15, -0.1) is 0 Å². The number of fused-ring (bicyclic) bond motifs is 2. The van der Waals surface area contributed by atoms with Gasteiger partial charge >= 0.3 is 0 Å². The van der Waals surface area contributed by atoms with Gasteiger partial charge in [0.15, 0.2) is 17.1 Å². The number of aromatic nitrogens is 7. The fourth-order valence-electron chi connectivity index (χ4n) is 4.33. The molecule has 178 valence electrons. The second-order valence-electron chi connectivity index (χ2n) is 8.75. The van der Waals surface area contributed by atoms with Gasteiger partial charge in [0.1, 0.15) is 22.8 Å². The van der Waals surface area contributed by atoms with Crippen LogP contribution in [0.15, 0.2) is 61.2 Å². The van der Waals surface area contributed by atoms with Crippen molar-refractivity contribution in [1.29, 1.82) is 0 Å². The molecule has 2 N–H and O–H groups in total. The van der Waals surface area contributed by atoms with Crippen molar-refractivity contribution in [1.82, 2.24) is 40.0 Å². The van der Waals surface area contributed by atoms with Crippen molar-refractivity contribution in [2.24, 2.45) is 0 Å². The third kappa shape index (κ3) is 3.77. The van der Waals surface area contributed by atoms with Gasteiger partial charge in [-0.05, 0) is 49.5 Å². The molecule has 8 nitrogen and oxygen atoms in total. The molecule has 0 fully saturated rings. The van der Waals surface area contributed by atoms with Crippen LogP contribution < -0.4 is 0 Å². The van der Waals surface area contributed by atoms with Gasteiger partial charge in [0, 0.05) is 48.0 Å². The van der Waals surface area contributed by atoms with E-state index in [2.05, 4.69) is 35.1 Å². The Morgan fingerprint density at radius 1 is 0.917 bits per heavy atom. The van der Waals surface area contributed by atoms with Crippen LogP contribution in [0.3, 0.4) is 0 Å². The molecule has 6 rings (SSSR count). The monoisotopic (exact) mass is 482 g/mol. The van der Waals surface area contributed by atoms with Crippen LogP contribution in [0.1, 0.15) is 5.56 Å². The molecule has 0 amide bonds. The maximum absolute atomic E-state index is 15.9. The van der Waals surface area contributed by atoms with Crippen LogP contribution in [-0.2, 0) is 6.54 Å². The highest BCUT2D eigenvalue weighted by Gasteiger charge is 2.21. The number of aromatic amines is 2. The van der Waals surface area contributed by atoms with Crippen LogP contribution in [0, 0.1) is 11.6 Å². The first-order valence-electron chi connectivity index (χ1n) is 11.2. The van der Waals surface area contributed by atoms with Gasteiger partial charge in [0.2, 0.25) is 0 Å². The molecule has 0 spiro atoms. The molecule has 0 unspecified atom stereocenters. The van der Waals surface area contributed by atoms with E-state index < -0.39 is 5.82 Å². The Bertz CT molecular complexity index is 1740. The predicted molar refractivity (Wildman–Crippen MR) is 133 cm³/mol. The maximum Gasteiger partial charge on any atom is 0.161 e. The lowest BCUT2D eigenvalue weighted by molar-refractivity contribution is 0.402. The highest BCUT2D eigenvalue weighted by molar-refractivity contribution is 5.96. The second kappa shape index (κ2) is 8.58. The van der Waals surface area contributed by atoms with E-state index in [1.165, 1.54) is 18.3 Å². The first-order valence-corrected chi connectivity index (χ1v) is 11.2. The lowest BCUT2D eigenvalue weighted by atomic mass is 10.0. The summed E-state index contributed by atoms with van der Waals surface area (Å²) in [4.78, 5) is 22.8. The molecule has 1 aromatic carbocycles. The van der Waals surface area contributed by atoms with Crippen LogP contribution >= 0.6 is 0 Å². The molecule has 0 saturated carbocycles. The summed E-state index contributed by atoms with van der Waals surface area (Å²) in [7, 11) is 3.92. The minimum Gasteiger partial charge on any atom is -0.321 e. The number of hydrogen-bond donors (Lipinski definition) is 2. The Balaban J connectivity index is 1.49. The minimum absolute atomic E-state index is 0.205. The van der Waals surface area contributed by atoms with E-state index in [4.69, 9.17) is 0 Å². The van der Waals surface area contributed by atoms with Gasteiger partial charge in [0.05, 0.1) is 5.39 Å². The van der Waals surface area contributed by atoms with Gasteiger partial charge in [-0.3, -0.25) is 10.1 Å². The SMILES string of the molecule is CN(C)Cc1cncc(-c2cnc3[nH]nc(-c4nc5c(-c6cccc(F)c6)ccnc5[nH]4)c3c2F)c1. The molecule has 5 aromatic heterocycles. The molecule has 6 aromatic rings. The average molecular weight is 482 g/mol. The molecular formula is C26H20F2N8. The number of rotatable bonds is 5. The Morgan fingerprint density at radius 2 is 1.81 bits per heavy atom. The second-order valence-corrected chi connectivity index (χ2v) is 8.75. The number of H-pyrrole nitrogens is 2. The molecule has 0 radical (unpaired) electrons. The zero-order chi connectivity index (χ0) is 24.8. The number of benzene rings is 1. The number of nitrogens with one attached hydrogen (secondary N) is 2. The van der Waals surface area contributed by atoms with Crippen molar-refractivity contribution in [3.8, 4) is 33.8 Å². The van der Waals surface area contributed by atoms with Crippen LogP contribution in [0.2, 0.25) is 0 Å². The molecule has 0 bridgehead atoms. The summed E-state index contributed by atoms with van der Waals surface area (Å²) in [6.45, 7) is 0.675. The van der Waals surface area contributed by atoms with Gasteiger partial charge < -0.3 is 9.88 Å². The van der Waals surface area contributed by atoms with Crippen molar-refractivity contribution in [2.75, 3.05) is 14.1 Å². The summed E-state index contributed by atoms with van der Waals surface area (Å²) in [5.41, 5.74) is 4.82. The zero-order valence-electron chi connectivity index (χ0n) is 19.4. The lowest BCUT2D eigenvalue weighted by Crippen LogP contribution is -2.10.